The Balaban J connectivity index is 0.00000676. The minimum atomic E-state index is 0. The average molecular weight is 531 g/mol. The first-order valence-electron chi connectivity index (χ1n) is 9.24. The number of aromatic nitrogens is 1. The molecule has 9 heteroatoms. The number of nitrogens with one attached hydrogen (secondary N) is 3. The van der Waals surface area contributed by atoms with Crippen molar-refractivity contribution in [2.75, 3.05) is 45.1 Å². The van der Waals surface area contributed by atoms with Crippen molar-refractivity contribution in [3.63, 3.8) is 0 Å². The van der Waals surface area contributed by atoms with Gasteiger partial charge in [-0.05, 0) is 45.5 Å². The molecule has 0 aliphatic carbocycles. The van der Waals surface area contributed by atoms with Gasteiger partial charge in [-0.2, -0.15) is 0 Å². The van der Waals surface area contributed by atoms with Crippen molar-refractivity contribution in [1.29, 1.82) is 0 Å². The maximum atomic E-state index is 6.09. The van der Waals surface area contributed by atoms with E-state index in [2.05, 4.69) is 51.6 Å². The lowest BCUT2D eigenvalue weighted by Crippen LogP contribution is -2.43. The third-order valence-corrected chi connectivity index (χ3v) is 4.63. The molecule has 0 aliphatic heterocycles. The molecule has 156 valence electrons. The van der Waals surface area contributed by atoms with E-state index in [-0.39, 0.29) is 24.0 Å². The van der Waals surface area contributed by atoms with Gasteiger partial charge in [0.05, 0.1) is 10.0 Å². The van der Waals surface area contributed by atoms with E-state index >= 15 is 0 Å². The second kappa shape index (κ2) is 15.4. The van der Waals surface area contributed by atoms with Crippen LogP contribution in [0.1, 0.15) is 33.6 Å². The summed E-state index contributed by atoms with van der Waals surface area (Å²) in [6.07, 6.45) is 3.86. The fraction of sp³-hybridized carbons (Fsp3) is 0.667. The Morgan fingerprint density at radius 2 is 1.96 bits per heavy atom. The van der Waals surface area contributed by atoms with Crippen LogP contribution in [0.3, 0.4) is 0 Å². The monoisotopic (exact) mass is 530 g/mol. The molecule has 0 bridgehead atoms. The predicted octanol–water partition coefficient (Wildman–Crippen LogP) is 4.09. The summed E-state index contributed by atoms with van der Waals surface area (Å²) in [4.78, 5) is 10.9. The molecule has 27 heavy (non-hydrogen) atoms. The third-order valence-electron chi connectivity index (χ3n) is 4.13. The van der Waals surface area contributed by atoms with Crippen LogP contribution in [0.4, 0.5) is 5.82 Å². The largest absolute Gasteiger partial charge is 0.367 e. The molecular formula is C18H33Cl2IN6. The van der Waals surface area contributed by atoms with E-state index in [1.807, 2.05) is 0 Å². The van der Waals surface area contributed by atoms with E-state index < -0.39 is 0 Å². The van der Waals surface area contributed by atoms with Crippen LogP contribution in [0.25, 0.3) is 0 Å². The highest BCUT2D eigenvalue weighted by molar-refractivity contribution is 14.0. The number of guanidine groups is 1. The third kappa shape index (κ3) is 11.2. The van der Waals surface area contributed by atoms with E-state index in [9.17, 15) is 0 Å². The Hall–Kier alpha value is -0.510. The minimum Gasteiger partial charge on any atom is -0.367 e. The van der Waals surface area contributed by atoms with E-state index in [1.54, 1.807) is 19.3 Å². The molecule has 0 radical (unpaired) electrons. The number of pyridine rings is 1. The highest BCUT2D eigenvalue weighted by Crippen LogP contribution is 2.21. The van der Waals surface area contributed by atoms with Crippen LogP contribution in [-0.4, -0.2) is 61.7 Å². The van der Waals surface area contributed by atoms with Crippen molar-refractivity contribution in [3.8, 4) is 0 Å². The van der Waals surface area contributed by atoms with Gasteiger partial charge in [-0.1, -0.05) is 37.0 Å². The first-order valence-corrected chi connectivity index (χ1v) is 10.00. The van der Waals surface area contributed by atoms with E-state index in [1.165, 1.54) is 6.42 Å². The predicted molar refractivity (Wildman–Crippen MR) is 129 cm³/mol. The van der Waals surface area contributed by atoms with Gasteiger partial charge in [-0.25, -0.2) is 4.98 Å². The van der Waals surface area contributed by atoms with Crippen molar-refractivity contribution < 1.29 is 0 Å². The Morgan fingerprint density at radius 3 is 2.56 bits per heavy atom. The zero-order chi connectivity index (χ0) is 19.4. The van der Waals surface area contributed by atoms with E-state index in [0.29, 0.717) is 35.0 Å². The molecule has 0 saturated carbocycles. The first-order chi connectivity index (χ1) is 12.5. The number of halogens is 3. The van der Waals surface area contributed by atoms with Gasteiger partial charge in [0.25, 0.3) is 0 Å². The normalized spacial score (nSPS) is 12.5. The summed E-state index contributed by atoms with van der Waals surface area (Å²) in [5.74, 6) is 1.43. The molecule has 0 amide bonds. The Morgan fingerprint density at radius 1 is 1.26 bits per heavy atom. The number of anilines is 1. The summed E-state index contributed by atoms with van der Waals surface area (Å²) in [7, 11) is 1.78. The van der Waals surface area contributed by atoms with Crippen LogP contribution >= 0.6 is 47.2 Å². The summed E-state index contributed by atoms with van der Waals surface area (Å²) in [5, 5.41) is 10.9. The van der Waals surface area contributed by atoms with Gasteiger partial charge in [0.15, 0.2) is 5.96 Å². The summed E-state index contributed by atoms with van der Waals surface area (Å²) >= 11 is 11.9. The topological polar surface area (TPSA) is 64.6 Å². The van der Waals surface area contributed by atoms with Crippen molar-refractivity contribution >= 4 is 59.0 Å². The maximum absolute atomic E-state index is 6.09. The van der Waals surface area contributed by atoms with Gasteiger partial charge >= 0.3 is 0 Å². The lowest BCUT2D eigenvalue weighted by molar-refractivity contribution is 0.292. The SMILES string of the molecule is CCN(CC)CCCC(C)NC(=NC)NCCNc1ncc(Cl)cc1Cl.I. The molecule has 1 unspecified atom stereocenters. The Bertz CT molecular complexity index is 555. The molecule has 1 aromatic rings. The molecule has 3 N–H and O–H groups in total. The van der Waals surface area contributed by atoms with Gasteiger partial charge in [-0.15, -0.1) is 24.0 Å². The van der Waals surface area contributed by atoms with Crippen LogP contribution in [-0.2, 0) is 0 Å². The second-order valence-corrected chi connectivity index (χ2v) is 6.97. The minimum absolute atomic E-state index is 0. The average Bonchev–Trinajstić information content (AvgIpc) is 2.62. The molecule has 0 spiro atoms. The molecule has 1 aromatic heterocycles. The van der Waals surface area contributed by atoms with Gasteiger partial charge in [-0.3, -0.25) is 4.99 Å². The number of hydrogen-bond donors (Lipinski definition) is 3. The van der Waals surface area contributed by atoms with Crippen LogP contribution in [0, 0.1) is 0 Å². The van der Waals surface area contributed by atoms with E-state index in [4.69, 9.17) is 23.2 Å². The molecule has 0 aromatic carbocycles. The Labute approximate surface area is 190 Å². The number of rotatable bonds is 11. The van der Waals surface area contributed by atoms with Crippen LogP contribution < -0.4 is 16.0 Å². The zero-order valence-electron chi connectivity index (χ0n) is 16.7. The quantitative estimate of drug-likeness (QED) is 0.174. The Kier molecular flexibility index (Phi) is 15.1. The fourth-order valence-electron chi connectivity index (χ4n) is 2.57. The molecule has 0 saturated heterocycles. The summed E-state index contributed by atoms with van der Waals surface area (Å²) in [6, 6.07) is 2.05. The van der Waals surface area contributed by atoms with Crippen molar-refractivity contribution in [2.24, 2.45) is 4.99 Å². The molecule has 0 aliphatic rings. The summed E-state index contributed by atoms with van der Waals surface area (Å²) in [5.41, 5.74) is 0. The van der Waals surface area contributed by atoms with Crippen LogP contribution in [0.2, 0.25) is 10.0 Å². The number of hydrogen-bond acceptors (Lipinski definition) is 4. The van der Waals surface area contributed by atoms with Gasteiger partial charge in [0, 0.05) is 32.4 Å². The van der Waals surface area contributed by atoms with Gasteiger partial charge in [0.2, 0.25) is 0 Å². The summed E-state index contributed by atoms with van der Waals surface area (Å²) in [6.45, 7) is 11.3. The molecular weight excluding hydrogens is 498 g/mol. The number of aliphatic imine (C=N–C) groups is 1. The lowest BCUT2D eigenvalue weighted by Gasteiger charge is -2.21. The summed E-state index contributed by atoms with van der Waals surface area (Å²) < 4.78 is 0. The number of nitrogens with zero attached hydrogens (tertiary/aromatic N) is 3. The van der Waals surface area contributed by atoms with Crippen LogP contribution in [0.5, 0.6) is 0 Å². The van der Waals surface area contributed by atoms with Gasteiger partial charge < -0.3 is 20.9 Å². The smallest absolute Gasteiger partial charge is 0.191 e. The highest BCUT2D eigenvalue weighted by Gasteiger charge is 2.07. The van der Waals surface area contributed by atoms with Gasteiger partial charge in [0.1, 0.15) is 5.82 Å². The molecule has 1 rings (SSSR count). The molecule has 1 atom stereocenters. The molecule has 1 heterocycles. The molecule has 0 fully saturated rings. The van der Waals surface area contributed by atoms with Crippen molar-refractivity contribution in [2.45, 2.75) is 39.7 Å². The zero-order valence-corrected chi connectivity index (χ0v) is 20.5. The van der Waals surface area contributed by atoms with Crippen molar-refractivity contribution in [1.82, 2.24) is 20.5 Å². The standard InChI is InChI=1S/C18H32Cl2N6.HI/c1-5-26(6-2)11-7-8-14(3)25-18(21-4)23-10-9-22-17-16(20)12-15(19)13-24-17;/h12-14H,5-11H2,1-4H3,(H,22,24)(H2,21,23,25);1H. The molecule has 6 nitrogen and oxygen atoms in total. The second-order valence-electron chi connectivity index (χ2n) is 6.12. The highest BCUT2D eigenvalue weighted by atomic mass is 127. The lowest BCUT2D eigenvalue weighted by atomic mass is 10.2. The van der Waals surface area contributed by atoms with Crippen LogP contribution in [0.15, 0.2) is 17.3 Å². The fourth-order valence-corrected chi connectivity index (χ4v) is 3.01. The van der Waals surface area contributed by atoms with E-state index in [0.717, 1.165) is 32.0 Å². The van der Waals surface area contributed by atoms with Crippen molar-refractivity contribution in [3.05, 3.63) is 22.3 Å². The first kappa shape index (κ1) is 26.5. The maximum Gasteiger partial charge on any atom is 0.191 e.